The van der Waals surface area contributed by atoms with Crippen LogP contribution in [-0.2, 0) is 4.74 Å². The van der Waals surface area contributed by atoms with E-state index in [1.165, 1.54) is 0 Å². The highest BCUT2D eigenvalue weighted by molar-refractivity contribution is 5.93. The Labute approximate surface area is 131 Å². The number of piperazine rings is 1. The standard InChI is InChI=1S/C16H24N4O2/c1-18-6-8-20(9-7-18)16(21)17-14-4-2-3-5-15(14)19-10-12-22-13-11-19/h2-5H,6-13H2,1H3,(H,17,21). The van der Waals surface area contributed by atoms with Gasteiger partial charge in [-0.05, 0) is 19.2 Å². The maximum Gasteiger partial charge on any atom is 0.321 e. The van der Waals surface area contributed by atoms with Crippen LogP contribution >= 0.6 is 0 Å². The molecule has 6 heteroatoms. The highest BCUT2D eigenvalue weighted by Crippen LogP contribution is 2.26. The van der Waals surface area contributed by atoms with Gasteiger partial charge in [0.1, 0.15) is 0 Å². The number of nitrogens with one attached hydrogen (secondary N) is 1. The van der Waals surface area contributed by atoms with Gasteiger partial charge in [0.15, 0.2) is 0 Å². The van der Waals surface area contributed by atoms with Gasteiger partial charge in [-0.15, -0.1) is 0 Å². The molecule has 0 spiro atoms. The van der Waals surface area contributed by atoms with Crippen molar-refractivity contribution in [2.75, 3.05) is 69.7 Å². The lowest BCUT2D eigenvalue weighted by Crippen LogP contribution is -2.48. The largest absolute Gasteiger partial charge is 0.378 e. The second-order valence-corrected chi connectivity index (χ2v) is 5.84. The summed E-state index contributed by atoms with van der Waals surface area (Å²) in [7, 11) is 2.09. The van der Waals surface area contributed by atoms with E-state index in [1.807, 2.05) is 23.1 Å². The number of para-hydroxylation sites is 2. The molecule has 0 bridgehead atoms. The maximum atomic E-state index is 12.5. The van der Waals surface area contributed by atoms with Crippen LogP contribution in [0, 0.1) is 0 Å². The molecule has 3 rings (SSSR count). The monoisotopic (exact) mass is 304 g/mol. The SMILES string of the molecule is CN1CCN(C(=O)Nc2ccccc2N2CCOCC2)CC1. The first kappa shape index (κ1) is 15.1. The van der Waals surface area contributed by atoms with E-state index in [2.05, 4.69) is 28.2 Å². The molecule has 2 saturated heterocycles. The van der Waals surface area contributed by atoms with E-state index < -0.39 is 0 Å². The number of hydrogen-bond donors (Lipinski definition) is 1. The van der Waals surface area contributed by atoms with Crippen LogP contribution in [0.3, 0.4) is 0 Å². The summed E-state index contributed by atoms with van der Waals surface area (Å²) in [6.45, 7) is 6.62. The fourth-order valence-corrected chi connectivity index (χ4v) is 2.86. The van der Waals surface area contributed by atoms with E-state index in [9.17, 15) is 4.79 Å². The Morgan fingerprint density at radius 1 is 1.05 bits per heavy atom. The zero-order valence-corrected chi connectivity index (χ0v) is 13.1. The molecule has 0 aliphatic carbocycles. The molecule has 1 aromatic carbocycles. The van der Waals surface area contributed by atoms with Crippen molar-refractivity contribution in [3.05, 3.63) is 24.3 Å². The van der Waals surface area contributed by atoms with Crippen molar-refractivity contribution in [2.45, 2.75) is 0 Å². The van der Waals surface area contributed by atoms with Crippen molar-refractivity contribution in [1.29, 1.82) is 0 Å². The number of amides is 2. The van der Waals surface area contributed by atoms with Crippen molar-refractivity contribution in [3.8, 4) is 0 Å². The van der Waals surface area contributed by atoms with Crippen molar-refractivity contribution >= 4 is 17.4 Å². The predicted molar refractivity (Wildman–Crippen MR) is 87.6 cm³/mol. The maximum absolute atomic E-state index is 12.5. The fraction of sp³-hybridized carbons (Fsp3) is 0.562. The highest BCUT2D eigenvalue weighted by Gasteiger charge is 2.21. The number of rotatable bonds is 2. The molecule has 0 atom stereocenters. The molecule has 22 heavy (non-hydrogen) atoms. The fourth-order valence-electron chi connectivity index (χ4n) is 2.86. The van der Waals surface area contributed by atoms with Gasteiger partial charge in [-0.3, -0.25) is 0 Å². The highest BCUT2D eigenvalue weighted by atomic mass is 16.5. The molecular weight excluding hydrogens is 280 g/mol. The molecule has 1 N–H and O–H groups in total. The predicted octanol–water partition coefficient (Wildman–Crippen LogP) is 1.30. The zero-order valence-electron chi connectivity index (χ0n) is 13.1. The van der Waals surface area contributed by atoms with Crippen LogP contribution < -0.4 is 10.2 Å². The second-order valence-electron chi connectivity index (χ2n) is 5.84. The molecule has 0 unspecified atom stereocenters. The van der Waals surface area contributed by atoms with Gasteiger partial charge in [-0.25, -0.2) is 4.79 Å². The number of benzene rings is 1. The van der Waals surface area contributed by atoms with Crippen LogP contribution in [0.5, 0.6) is 0 Å². The topological polar surface area (TPSA) is 48.0 Å². The Kier molecular flexibility index (Phi) is 4.80. The van der Waals surface area contributed by atoms with Gasteiger partial charge in [0, 0.05) is 39.3 Å². The van der Waals surface area contributed by atoms with Crippen LogP contribution in [0.2, 0.25) is 0 Å². The molecular formula is C16H24N4O2. The average molecular weight is 304 g/mol. The van der Waals surface area contributed by atoms with Crippen molar-refractivity contribution < 1.29 is 9.53 Å². The molecule has 2 amide bonds. The van der Waals surface area contributed by atoms with Gasteiger partial charge in [0.25, 0.3) is 0 Å². The minimum Gasteiger partial charge on any atom is -0.378 e. The van der Waals surface area contributed by atoms with Gasteiger partial charge in [0.2, 0.25) is 0 Å². The first-order valence-corrected chi connectivity index (χ1v) is 7.90. The molecule has 2 aliphatic rings. The van der Waals surface area contributed by atoms with E-state index >= 15 is 0 Å². The third-order valence-corrected chi connectivity index (χ3v) is 4.29. The number of ether oxygens (including phenoxy) is 1. The van der Waals surface area contributed by atoms with Crippen molar-refractivity contribution in [1.82, 2.24) is 9.80 Å². The lowest BCUT2D eigenvalue weighted by molar-refractivity contribution is 0.123. The van der Waals surface area contributed by atoms with E-state index in [0.29, 0.717) is 0 Å². The number of hydrogen-bond acceptors (Lipinski definition) is 4. The molecule has 0 saturated carbocycles. The summed E-state index contributed by atoms with van der Waals surface area (Å²) in [5, 5.41) is 3.08. The molecule has 120 valence electrons. The summed E-state index contributed by atoms with van der Waals surface area (Å²) in [5.41, 5.74) is 1.96. The minimum absolute atomic E-state index is 0.00573. The Morgan fingerprint density at radius 2 is 1.73 bits per heavy atom. The Bertz CT molecular complexity index is 509. The summed E-state index contributed by atoms with van der Waals surface area (Å²) in [5.74, 6) is 0. The zero-order chi connectivity index (χ0) is 15.4. The summed E-state index contributed by atoms with van der Waals surface area (Å²) in [4.78, 5) is 18.9. The van der Waals surface area contributed by atoms with Gasteiger partial charge in [-0.1, -0.05) is 12.1 Å². The molecule has 1 aromatic rings. The summed E-state index contributed by atoms with van der Waals surface area (Å²) >= 11 is 0. The first-order chi connectivity index (χ1) is 10.7. The molecule has 0 aromatic heterocycles. The lowest BCUT2D eigenvalue weighted by Gasteiger charge is -2.34. The van der Waals surface area contributed by atoms with Gasteiger partial charge >= 0.3 is 6.03 Å². The average Bonchev–Trinajstić information content (AvgIpc) is 2.57. The number of anilines is 2. The number of morpholine rings is 1. The smallest absolute Gasteiger partial charge is 0.321 e. The Hall–Kier alpha value is -1.79. The minimum atomic E-state index is -0.00573. The molecule has 6 nitrogen and oxygen atoms in total. The number of urea groups is 1. The molecule has 2 aliphatic heterocycles. The number of likely N-dealkylation sites (N-methyl/N-ethyl adjacent to an activating group) is 1. The molecule has 2 heterocycles. The number of carbonyl (C=O) groups is 1. The van der Waals surface area contributed by atoms with E-state index in [0.717, 1.165) is 63.9 Å². The molecule has 0 radical (unpaired) electrons. The van der Waals surface area contributed by atoms with E-state index in [1.54, 1.807) is 0 Å². The Balaban J connectivity index is 1.68. The van der Waals surface area contributed by atoms with Crippen molar-refractivity contribution in [3.63, 3.8) is 0 Å². The summed E-state index contributed by atoms with van der Waals surface area (Å²) in [6.07, 6.45) is 0. The van der Waals surface area contributed by atoms with Crippen molar-refractivity contribution in [2.24, 2.45) is 0 Å². The third kappa shape index (κ3) is 3.51. The normalized spacial score (nSPS) is 20.0. The number of nitrogens with zero attached hydrogens (tertiary/aromatic N) is 3. The second kappa shape index (κ2) is 6.98. The summed E-state index contributed by atoms with van der Waals surface area (Å²) in [6, 6.07) is 8.00. The van der Waals surface area contributed by atoms with Crippen LogP contribution in [0.15, 0.2) is 24.3 Å². The number of carbonyl (C=O) groups excluding carboxylic acids is 1. The molecule has 2 fully saturated rings. The first-order valence-electron chi connectivity index (χ1n) is 7.90. The van der Waals surface area contributed by atoms with Crippen LogP contribution in [0.1, 0.15) is 0 Å². The lowest BCUT2D eigenvalue weighted by atomic mass is 10.2. The third-order valence-electron chi connectivity index (χ3n) is 4.29. The van der Waals surface area contributed by atoms with Gasteiger partial charge < -0.3 is 24.8 Å². The van der Waals surface area contributed by atoms with Gasteiger partial charge in [0.05, 0.1) is 24.6 Å². The quantitative estimate of drug-likeness (QED) is 0.895. The van der Waals surface area contributed by atoms with Crippen LogP contribution in [0.4, 0.5) is 16.2 Å². The van der Waals surface area contributed by atoms with E-state index in [4.69, 9.17) is 4.74 Å². The van der Waals surface area contributed by atoms with E-state index in [-0.39, 0.29) is 6.03 Å². The van der Waals surface area contributed by atoms with Gasteiger partial charge in [-0.2, -0.15) is 0 Å². The summed E-state index contributed by atoms with van der Waals surface area (Å²) < 4.78 is 5.41. The van der Waals surface area contributed by atoms with Crippen LogP contribution in [-0.4, -0.2) is 75.4 Å². The van der Waals surface area contributed by atoms with Crippen LogP contribution in [0.25, 0.3) is 0 Å². The Morgan fingerprint density at radius 3 is 2.45 bits per heavy atom.